The van der Waals surface area contributed by atoms with Gasteiger partial charge >= 0.3 is 0 Å². The van der Waals surface area contributed by atoms with Gasteiger partial charge in [-0.05, 0) is 60.9 Å². The summed E-state index contributed by atoms with van der Waals surface area (Å²) in [6.07, 6.45) is 0.821. The maximum absolute atomic E-state index is 5.11. The number of hydrogen-bond donors (Lipinski definition) is 0. The topological polar surface area (TPSA) is 29.0 Å². The summed E-state index contributed by atoms with van der Waals surface area (Å²) >= 11 is 0. The van der Waals surface area contributed by atoms with Crippen molar-refractivity contribution >= 4 is 38.9 Å². The summed E-state index contributed by atoms with van der Waals surface area (Å²) in [6.45, 7) is 4.16. The third kappa shape index (κ3) is 3.20. The van der Waals surface area contributed by atoms with Crippen molar-refractivity contribution < 1.29 is 0 Å². The molecule has 0 bridgehead atoms. The molecular formula is C33H25N3. The number of pyridine rings is 2. The quantitative estimate of drug-likeness (QED) is 0.258. The van der Waals surface area contributed by atoms with Crippen LogP contribution in [0.3, 0.4) is 0 Å². The Hall–Kier alpha value is -4.50. The van der Waals surface area contributed by atoms with E-state index in [0.29, 0.717) is 0 Å². The van der Waals surface area contributed by atoms with Crippen molar-refractivity contribution in [1.82, 2.24) is 9.97 Å². The lowest BCUT2D eigenvalue weighted by Crippen LogP contribution is -2.20. The lowest BCUT2D eigenvalue weighted by atomic mass is 9.89. The average Bonchev–Trinajstić information content (AvgIpc) is 2.92. The third-order valence-electron chi connectivity index (χ3n) is 7.18. The van der Waals surface area contributed by atoms with Crippen molar-refractivity contribution in [1.29, 1.82) is 0 Å². The second kappa shape index (κ2) is 8.03. The smallest absolute Gasteiger partial charge is 0.0948 e. The molecule has 3 heteroatoms. The Morgan fingerprint density at radius 3 is 2.19 bits per heavy atom. The number of nitrogens with zero attached hydrogens (tertiary/aromatic N) is 3. The predicted octanol–water partition coefficient (Wildman–Crippen LogP) is 8.44. The standard InChI is InChI=1S/C33H25N3/c1-21-13-14-24-15-16-25-20-29-30(36(33(25)31(24)34-21)26-11-7-4-8-12-26)18-17-27-28(19-22(2)35-32(27)29)23-9-5-3-6-10-23/h3-19H,20H2,1-2H3. The van der Waals surface area contributed by atoms with Gasteiger partial charge in [-0.15, -0.1) is 0 Å². The van der Waals surface area contributed by atoms with Crippen LogP contribution in [0, 0.1) is 13.8 Å². The minimum absolute atomic E-state index is 0.821. The third-order valence-corrected chi connectivity index (χ3v) is 7.18. The highest BCUT2D eigenvalue weighted by atomic mass is 15.2. The molecule has 2 aromatic heterocycles. The highest BCUT2D eigenvalue weighted by Gasteiger charge is 2.29. The Labute approximate surface area is 210 Å². The summed E-state index contributed by atoms with van der Waals surface area (Å²) in [6, 6.07) is 36.7. The van der Waals surface area contributed by atoms with E-state index in [-0.39, 0.29) is 0 Å². The molecule has 1 aliphatic heterocycles. The van der Waals surface area contributed by atoms with Gasteiger partial charge in [0.05, 0.1) is 22.4 Å². The fraction of sp³-hybridized carbons (Fsp3) is 0.0909. The molecule has 0 amide bonds. The van der Waals surface area contributed by atoms with E-state index in [1.54, 1.807) is 0 Å². The number of benzene rings is 4. The molecule has 0 fully saturated rings. The van der Waals surface area contributed by atoms with E-state index in [1.165, 1.54) is 39.0 Å². The molecule has 3 heterocycles. The molecule has 0 saturated heterocycles. The zero-order valence-electron chi connectivity index (χ0n) is 20.4. The molecule has 4 aromatic carbocycles. The average molecular weight is 464 g/mol. The normalized spacial score (nSPS) is 12.6. The van der Waals surface area contributed by atoms with E-state index in [2.05, 4.69) is 122 Å². The number of fused-ring (bicyclic) bond motifs is 6. The Kier molecular flexibility index (Phi) is 4.65. The molecule has 0 atom stereocenters. The molecule has 7 rings (SSSR count). The Morgan fingerprint density at radius 2 is 1.39 bits per heavy atom. The highest BCUT2D eigenvalue weighted by Crippen LogP contribution is 2.48. The van der Waals surface area contributed by atoms with Crippen molar-refractivity contribution in [2.24, 2.45) is 0 Å². The van der Waals surface area contributed by atoms with Gasteiger partial charge in [-0.3, -0.25) is 9.97 Å². The molecule has 0 radical (unpaired) electrons. The number of rotatable bonds is 2. The Morgan fingerprint density at radius 1 is 0.667 bits per heavy atom. The number of anilines is 3. The van der Waals surface area contributed by atoms with E-state index in [4.69, 9.17) is 9.97 Å². The monoisotopic (exact) mass is 463 g/mol. The van der Waals surface area contributed by atoms with Gasteiger partial charge in [0.15, 0.2) is 0 Å². The molecule has 6 aromatic rings. The van der Waals surface area contributed by atoms with E-state index >= 15 is 0 Å². The van der Waals surface area contributed by atoms with Crippen LogP contribution in [-0.2, 0) is 6.42 Å². The van der Waals surface area contributed by atoms with E-state index in [1.807, 2.05) is 0 Å². The molecule has 0 aliphatic carbocycles. The number of para-hydroxylation sites is 1. The zero-order chi connectivity index (χ0) is 24.2. The molecule has 3 nitrogen and oxygen atoms in total. The molecule has 0 spiro atoms. The van der Waals surface area contributed by atoms with Crippen LogP contribution >= 0.6 is 0 Å². The fourth-order valence-electron chi connectivity index (χ4n) is 5.57. The van der Waals surface area contributed by atoms with Crippen molar-refractivity contribution in [2.75, 3.05) is 4.90 Å². The fourth-order valence-corrected chi connectivity index (χ4v) is 5.57. The predicted molar refractivity (Wildman–Crippen MR) is 149 cm³/mol. The maximum Gasteiger partial charge on any atom is 0.0948 e. The Bertz CT molecular complexity index is 1770. The van der Waals surface area contributed by atoms with Gasteiger partial charge in [0, 0.05) is 39.8 Å². The number of aromatic nitrogens is 2. The van der Waals surface area contributed by atoms with Gasteiger partial charge in [-0.2, -0.15) is 0 Å². The van der Waals surface area contributed by atoms with E-state index < -0.39 is 0 Å². The van der Waals surface area contributed by atoms with Crippen molar-refractivity contribution in [3.8, 4) is 11.1 Å². The van der Waals surface area contributed by atoms with Crippen LogP contribution in [0.2, 0.25) is 0 Å². The SMILES string of the molecule is Cc1ccc2ccc3c(c2n1)N(c1ccccc1)c1ccc2c(-c4ccccc4)cc(C)nc2c1C3. The second-order valence-corrected chi connectivity index (χ2v) is 9.58. The maximum atomic E-state index is 5.11. The second-order valence-electron chi connectivity index (χ2n) is 9.58. The van der Waals surface area contributed by atoms with Crippen molar-refractivity contribution in [3.05, 3.63) is 126 Å². The number of hydrogen-bond acceptors (Lipinski definition) is 3. The summed E-state index contributed by atoms with van der Waals surface area (Å²) in [7, 11) is 0. The largest absolute Gasteiger partial charge is 0.308 e. The van der Waals surface area contributed by atoms with Crippen LogP contribution in [0.5, 0.6) is 0 Å². The van der Waals surface area contributed by atoms with Gasteiger partial charge in [0.2, 0.25) is 0 Å². The minimum atomic E-state index is 0.821. The zero-order valence-corrected chi connectivity index (χ0v) is 20.4. The summed E-state index contributed by atoms with van der Waals surface area (Å²) in [5.74, 6) is 0. The van der Waals surface area contributed by atoms with Crippen LogP contribution in [0.4, 0.5) is 17.1 Å². The van der Waals surface area contributed by atoms with Crippen LogP contribution < -0.4 is 4.90 Å². The first-order valence-electron chi connectivity index (χ1n) is 12.4. The molecule has 0 unspecified atom stereocenters. The first-order chi connectivity index (χ1) is 17.7. The van der Waals surface area contributed by atoms with Crippen LogP contribution in [0.25, 0.3) is 32.9 Å². The van der Waals surface area contributed by atoms with Gasteiger partial charge in [-0.25, -0.2) is 0 Å². The van der Waals surface area contributed by atoms with E-state index in [9.17, 15) is 0 Å². The van der Waals surface area contributed by atoms with Gasteiger partial charge in [0.1, 0.15) is 0 Å². The lowest BCUT2D eigenvalue weighted by Gasteiger charge is -2.34. The summed E-state index contributed by atoms with van der Waals surface area (Å²) in [5, 5.41) is 2.35. The summed E-state index contributed by atoms with van der Waals surface area (Å²) < 4.78 is 0. The molecule has 36 heavy (non-hydrogen) atoms. The van der Waals surface area contributed by atoms with Gasteiger partial charge in [0.25, 0.3) is 0 Å². The summed E-state index contributed by atoms with van der Waals surface area (Å²) in [4.78, 5) is 12.5. The summed E-state index contributed by atoms with van der Waals surface area (Å²) in [5.41, 5.74) is 12.6. The minimum Gasteiger partial charge on any atom is -0.308 e. The first-order valence-corrected chi connectivity index (χ1v) is 12.4. The Balaban J connectivity index is 1.56. The van der Waals surface area contributed by atoms with Crippen LogP contribution in [0.1, 0.15) is 22.5 Å². The molecule has 0 N–H and O–H groups in total. The van der Waals surface area contributed by atoms with Crippen LogP contribution in [-0.4, -0.2) is 9.97 Å². The van der Waals surface area contributed by atoms with Gasteiger partial charge < -0.3 is 4.90 Å². The highest BCUT2D eigenvalue weighted by molar-refractivity contribution is 6.05. The molecule has 0 saturated carbocycles. The molecular weight excluding hydrogens is 438 g/mol. The van der Waals surface area contributed by atoms with Crippen molar-refractivity contribution in [2.45, 2.75) is 20.3 Å². The first kappa shape index (κ1) is 20.8. The molecule has 1 aliphatic rings. The van der Waals surface area contributed by atoms with Crippen LogP contribution in [0.15, 0.2) is 103 Å². The van der Waals surface area contributed by atoms with Gasteiger partial charge in [-0.1, -0.05) is 72.8 Å². The van der Waals surface area contributed by atoms with E-state index in [0.717, 1.165) is 39.9 Å². The molecule has 172 valence electrons. The van der Waals surface area contributed by atoms with Crippen molar-refractivity contribution in [3.63, 3.8) is 0 Å². The lowest BCUT2D eigenvalue weighted by molar-refractivity contribution is 1.09. The number of aryl methyl sites for hydroxylation is 2.